The Morgan fingerprint density at radius 2 is 1.76 bits per heavy atom. The second-order valence-corrected chi connectivity index (χ2v) is 5.46. The molecule has 1 N–H and O–H groups in total. The zero-order valence-electron chi connectivity index (χ0n) is 10.1. The van der Waals surface area contributed by atoms with E-state index in [1.54, 1.807) is 0 Å². The zero-order valence-corrected chi connectivity index (χ0v) is 10.1. The number of hydrogen-bond donors (Lipinski definition) is 1. The highest BCUT2D eigenvalue weighted by Gasteiger charge is 2.71. The predicted molar refractivity (Wildman–Crippen MR) is 56.6 cm³/mol. The molecule has 0 heterocycles. The van der Waals surface area contributed by atoms with E-state index in [2.05, 4.69) is 0 Å². The Bertz CT molecular complexity index is 333. The van der Waals surface area contributed by atoms with E-state index in [1.165, 1.54) is 7.11 Å². The van der Waals surface area contributed by atoms with Gasteiger partial charge in [-0.15, -0.1) is 0 Å². The van der Waals surface area contributed by atoms with Gasteiger partial charge in [-0.1, -0.05) is 6.92 Å². The molecule has 0 aromatic heterocycles. The molecule has 2 unspecified atom stereocenters. The van der Waals surface area contributed by atoms with E-state index in [9.17, 15) is 18.7 Å². The van der Waals surface area contributed by atoms with Gasteiger partial charge in [0.15, 0.2) is 0 Å². The van der Waals surface area contributed by atoms with E-state index in [4.69, 9.17) is 4.74 Å². The number of halogens is 2. The molecule has 0 aromatic rings. The van der Waals surface area contributed by atoms with Gasteiger partial charge in [0.05, 0.1) is 18.1 Å². The van der Waals surface area contributed by atoms with Crippen molar-refractivity contribution in [3.63, 3.8) is 0 Å². The average Bonchev–Trinajstić information content (AvgIpc) is 2.96. The molecule has 17 heavy (non-hydrogen) atoms. The van der Waals surface area contributed by atoms with Crippen molar-refractivity contribution < 1.29 is 23.4 Å². The molecule has 2 aliphatic rings. The van der Waals surface area contributed by atoms with Crippen LogP contribution in [0.4, 0.5) is 8.78 Å². The molecule has 2 rings (SSSR count). The standard InChI is InChI=1S/C12H18F2O3/c1-8-7-12(8,9(15)17-2)10(16)3-5-11(13,14)6-4-10/h8,16H,3-7H2,1-2H3. The molecule has 0 saturated heterocycles. The first kappa shape index (κ1) is 12.7. The van der Waals surface area contributed by atoms with Crippen molar-refractivity contribution in [3.8, 4) is 0 Å². The number of aliphatic hydroxyl groups is 1. The van der Waals surface area contributed by atoms with Crippen molar-refractivity contribution in [1.82, 2.24) is 0 Å². The van der Waals surface area contributed by atoms with E-state index in [1.807, 2.05) is 6.92 Å². The van der Waals surface area contributed by atoms with Crippen LogP contribution in [-0.4, -0.2) is 29.7 Å². The third-order valence-corrected chi connectivity index (χ3v) is 4.50. The lowest BCUT2D eigenvalue weighted by atomic mass is 9.71. The Hall–Kier alpha value is -0.710. The molecule has 0 aromatic carbocycles. The fraction of sp³-hybridized carbons (Fsp3) is 0.917. The topological polar surface area (TPSA) is 46.5 Å². The number of hydrogen-bond acceptors (Lipinski definition) is 3. The molecular weight excluding hydrogens is 230 g/mol. The summed E-state index contributed by atoms with van der Waals surface area (Å²) in [5.41, 5.74) is -2.26. The lowest BCUT2D eigenvalue weighted by Crippen LogP contribution is -2.50. The number of ether oxygens (including phenoxy) is 1. The van der Waals surface area contributed by atoms with Crippen molar-refractivity contribution in [2.75, 3.05) is 7.11 Å². The quantitative estimate of drug-likeness (QED) is 0.761. The van der Waals surface area contributed by atoms with Gasteiger partial charge in [0.2, 0.25) is 5.92 Å². The molecule has 0 spiro atoms. The summed E-state index contributed by atoms with van der Waals surface area (Å²) in [4.78, 5) is 11.8. The van der Waals surface area contributed by atoms with Crippen LogP contribution < -0.4 is 0 Å². The van der Waals surface area contributed by atoms with Crippen LogP contribution in [0.5, 0.6) is 0 Å². The van der Waals surface area contributed by atoms with E-state index in [0.29, 0.717) is 6.42 Å². The van der Waals surface area contributed by atoms with Crippen LogP contribution in [0, 0.1) is 11.3 Å². The van der Waals surface area contributed by atoms with Crippen LogP contribution in [0.25, 0.3) is 0 Å². The van der Waals surface area contributed by atoms with Gasteiger partial charge >= 0.3 is 5.97 Å². The summed E-state index contributed by atoms with van der Waals surface area (Å²) in [6.07, 6.45) is -0.232. The molecule has 0 amide bonds. The summed E-state index contributed by atoms with van der Waals surface area (Å²) in [7, 11) is 1.27. The second-order valence-electron chi connectivity index (χ2n) is 5.46. The monoisotopic (exact) mass is 248 g/mol. The normalized spacial score (nSPS) is 38.5. The number of carbonyl (C=O) groups is 1. The van der Waals surface area contributed by atoms with E-state index in [0.717, 1.165) is 0 Å². The molecule has 2 atom stereocenters. The summed E-state index contributed by atoms with van der Waals surface area (Å²) in [5.74, 6) is -3.16. The van der Waals surface area contributed by atoms with Crippen molar-refractivity contribution in [3.05, 3.63) is 0 Å². The maximum absolute atomic E-state index is 13.1. The lowest BCUT2D eigenvalue weighted by Gasteiger charge is -2.41. The van der Waals surface area contributed by atoms with Crippen LogP contribution >= 0.6 is 0 Å². The highest BCUT2D eigenvalue weighted by Crippen LogP contribution is 2.64. The number of rotatable bonds is 2. The maximum atomic E-state index is 13.1. The van der Waals surface area contributed by atoms with Crippen LogP contribution in [0.2, 0.25) is 0 Å². The van der Waals surface area contributed by atoms with E-state index < -0.39 is 22.9 Å². The summed E-state index contributed by atoms with van der Waals surface area (Å²) >= 11 is 0. The average molecular weight is 248 g/mol. The fourth-order valence-electron chi connectivity index (χ4n) is 3.20. The molecule has 0 radical (unpaired) electrons. The van der Waals surface area contributed by atoms with Gasteiger partial charge in [0.25, 0.3) is 0 Å². The van der Waals surface area contributed by atoms with Gasteiger partial charge in [-0.2, -0.15) is 0 Å². The van der Waals surface area contributed by atoms with Gasteiger partial charge in [-0.3, -0.25) is 4.79 Å². The molecule has 2 aliphatic carbocycles. The Morgan fingerprint density at radius 3 is 2.12 bits per heavy atom. The third kappa shape index (κ3) is 1.75. The van der Waals surface area contributed by atoms with Gasteiger partial charge in [0, 0.05) is 12.8 Å². The number of esters is 1. The van der Waals surface area contributed by atoms with Crippen LogP contribution in [0.3, 0.4) is 0 Å². The Labute approximate surface area is 99.1 Å². The van der Waals surface area contributed by atoms with Crippen molar-refractivity contribution >= 4 is 5.97 Å². The van der Waals surface area contributed by atoms with Crippen LogP contribution in [0.1, 0.15) is 39.0 Å². The second kappa shape index (κ2) is 3.64. The summed E-state index contributed by atoms with van der Waals surface area (Å²) in [6, 6.07) is 0. The number of carbonyl (C=O) groups excluding carboxylic acids is 1. The first-order valence-corrected chi connectivity index (χ1v) is 5.96. The molecule has 2 saturated carbocycles. The summed E-state index contributed by atoms with van der Waals surface area (Å²) in [6.45, 7) is 1.85. The first-order valence-electron chi connectivity index (χ1n) is 5.96. The first-order chi connectivity index (χ1) is 7.77. The highest BCUT2D eigenvalue weighted by atomic mass is 19.3. The highest BCUT2D eigenvalue weighted by molar-refractivity contribution is 5.82. The molecule has 3 nitrogen and oxygen atoms in total. The van der Waals surface area contributed by atoms with Crippen LogP contribution in [-0.2, 0) is 9.53 Å². The molecule has 5 heteroatoms. The molecular formula is C12H18F2O3. The SMILES string of the molecule is COC(=O)C1(C2(O)CCC(F)(F)CC2)CC1C. The van der Waals surface area contributed by atoms with Crippen LogP contribution in [0.15, 0.2) is 0 Å². The van der Waals surface area contributed by atoms with Crippen molar-refractivity contribution in [2.45, 2.75) is 50.6 Å². The van der Waals surface area contributed by atoms with Crippen molar-refractivity contribution in [2.24, 2.45) is 11.3 Å². The zero-order chi connectivity index (χ0) is 12.9. The number of methoxy groups -OCH3 is 1. The maximum Gasteiger partial charge on any atom is 0.315 e. The summed E-state index contributed by atoms with van der Waals surface area (Å²) < 4.78 is 31.0. The Kier molecular flexibility index (Phi) is 2.73. The minimum Gasteiger partial charge on any atom is -0.468 e. The van der Waals surface area contributed by atoms with Gasteiger partial charge in [0.1, 0.15) is 0 Å². The largest absolute Gasteiger partial charge is 0.468 e. The minimum atomic E-state index is -2.71. The summed E-state index contributed by atoms with van der Waals surface area (Å²) in [5, 5.41) is 10.5. The van der Waals surface area contributed by atoms with Crippen molar-refractivity contribution in [1.29, 1.82) is 0 Å². The van der Waals surface area contributed by atoms with E-state index >= 15 is 0 Å². The predicted octanol–water partition coefficient (Wildman–Crippen LogP) is 2.13. The van der Waals surface area contributed by atoms with Gasteiger partial charge in [-0.05, 0) is 25.2 Å². The van der Waals surface area contributed by atoms with Gasteiger partial charge in [-0.25, -0.2) is 8.78 Å². The van der Waals surface area contributed by atoms with Gasteiger partial charge < -0.3 is 9.84 Å². The minimum absolute atomic E-state index is 0.00618. The smallest absolute Gasteiger partial charge is 0.315 e. The molecule has 0 aliphatic heterocycles. The molecule has 98 valence electrons. The fourth-order valence-corrected chi connectivity index (χ4v) is 3.20. The number of alkyl halides is 2. The molecule has 2 fully saturated rings. The lowest BCUT2D eigenvalue weighted by molar-refractivity contribution is -0.175. The molecule has 0 bridgehead atoms. The Balaban J connectivity index is 2.19. The third-order valence-electron chi connectivity index (χ3n) is 4.50. The Morgan fingerprint density at radius 1 is 1.29 bits per heavy atom. The van der Waals surface area contributed by atoms with E-state index in [-0.39, 0.29) is 31.6 Å².